The summed E-state index contributed by atoms with van der Waals surface area (Å²) in [5.74, 6) is -2.03. The Morgan fingerprint density at radius 2 is 1.65 bits per heavy atom. The molecule has 9 heteroatoms. The van der Waals surface area contributed by atoms with Crippen LogP contribution in [0.2, 0.25) is 5.02 Å². The number of hydrazone groups is 1. The summed E-state index contributed by atoms with van der Waals surface area (Å²) in [7, 11) is 0. The number of benzene rings is 3. The van der Waals surface area contributed by atoms with E-state index < -0.39 is 17.8 Å². The van der Waals surface area contributed by atoms with Crippen molar-refractivity contribution in [2.24, 2.45) is 5.10 Å². The van der Waals surface area contributed by atoms with Gasteiger partial charge in [0.25, 0.3) is 0 Å². The van der Waals surface area contributed by atoms with Crippen molar-refractivity contribution in [3.8, 4) is 5.75 Å². The van der Waals surface area contributed by atoms with Crippen molar-refractivity contribution in [3.63, 3.8) is 0 Å². The molecule has 3 aromatic rings. The maximum Gasteiger partial charge on any atom is 0.343 e. The first kappa shape index (κ1) is 22.2. The predicted octanol–water partition coefficient (Wildman–Crippen LogP) is 4.41. The molecule has 0 atom stereocenters. The number of ether oxygens (including phenoxy) is 1. The molecule has 0 aromatic heterocycles. The normalized spacial score (nSPS) is 10.5. The van der Waals surface area contributed by atoms with Gasteiger partial charge in [0.05, 0.1) is 11.8 Å². The summed E-state index contributed by atoms with van der Waals surface area (Å²) in [6.45, 7) is 0. The summed E-state index contributed by atoms with van der Waals surface area (Å²) < 4.78 is 6.17. The predicted molar refractivity (Wildman–Crippen MR) is 121 cm³/mol. The van der Waals surface area contributed by atoms with Crippen LogP contribution in [-0.4, -0.2) is 24.0 Å². The average Bonchev–Trinajstić information content (AvgIpc) is 2.76. The van der Waals surface area contributed by atoms with Crippen molar-refractivity contribution in [1.29, 1.82) is 0 Å². The van der Waals surface area contributed by atoms with E-state index in [-0.39, 0.29) is 0 Å². The van der Waals surface area contributed by atoms with Gasteiger partial charge in [0.1, 0.15) is 5.75 Å². The van der Waals surface area contributed by atoms with Crippen LogP contribution in [0.1, 0.15) is 15.9 Å². The highest BCUT2D eigenvalue weighted by atomic mass is 79.9. The van der Waals surface area contributed by atoms with Crippen LogP contribution in [0.3, 0.4) is 0 Å². The second-order valence-corrected chi connectivity index (χ2v) is 7.48. The van der Waals surface area contributed by atoms with E-state index in [9.17, 15) is 14.4 Å². The van der Waals surface area contributed by atoms with Crippen molar-refractivity contribution in [2.75, 3.05) is 5.32 Å². The molecule has 0 aliphatic heterocycles. The number of rotatable bonds is 5. The van der Waals surface area contributed by atoms with Gasteiger partial charge in [0, 0.05) is 15.2 Å². The summed E-state index contributed by atoms with van der Waals surface area (Å²) in [6, 6.07) is 19.6. The van der Waals surface area contributed by atoms with Gasteiger partial charge in [0.15, 0.2) is 0 Å². The third-order valence-electron chi connectivity index (χ3n) is 3.84. The molecule has 0 fully saturated rings. The minimum absolute atomic E-state index is 0.295. The summed E-state index contributed by atoms with van der Waals surface area (Å²) in [4.78, 5) is 35.9. The van der Waals surface area contributed by atoms with Crippen molar-refractivity contribution in [1.82, 2.24) is 5.43 Å². The fraction of sp³-hybridized carbons (Fsp3) is 0. The van der Waals surface area contributed by atoms with Crippen LogP contribution >= 0.6 is 27.5 Å². The lowest BCUT2D eigenvalue weighted by atomic mass is 10.2. The zero-order chi connectivity index (χ0) is 22.2. The van der Waals surface area contributed by atoms with E-state index in [2.05, 4.69) is 31.8 Å². The Morgan fingerprint density at radius 3 is 2.35 bits per heavy atom. The van der Waals surface area contributed by atoms with Crippen LogP contribution < -0.4 is 15.5 Å². The quantitative estimate of drug-likeness (QED) is 0.178. The van der Waals surface area contributed by atoms with Gasteiger partial charge in [-0.25, -0.2) is 10.2 Å². The van der Waals surface area contributed by atoms with Crippen molar-refractivity contribution in [2.45, 2.75) is 0 Å². The van der Waals surface area contributed by atoms with Crippen LogP contribution in [-0.2, 0) is 9.59 Å². The zero-order valence-electron chi connectivity index (χ0n) is 15.8. The van der Waals surface area contributed by atoms with Crippen molar-refractivity contribution in [3.05, 3.63) is 93.4 Å². The van der Waals surface area contributed by atoms with Crippen LogP contribution in [0.5, 0.6) is 5.75 Å². The topological polar surface area (TPSA) is 96.9 Å². The lowest BCUT2D eigenvalue weighted by Gasteiger charge is -2.05. The first-order valence-electron chi connectivity index (χ1n) is 8.88. The Morgan fingerprint density at radius 1 is 0.935 bits per heavy atom. The van der Waals surface area contributed by atoms with Crippen LogP contribution in [0, 0.1) is 0 Å². The van der Waals surface area contributed by atoms with Gasteiger partial charge in [-0.05, 0) is 66.2 Å². The number of nitrogens with zero attached hydrogens (tertiary/aromatic N) is 1. The van der Waals surface area contributed by atoms with E-state index in [1.807, 2.05) is 0 Å². The maximum atomic E-state index is 12.2. The summed E-state index contributed by atoms with van der Waals surface area (Å²) in [6.07, 6.45) is 1.32. The summed E-state index contributed by atoms with van der Waals surface area (Å²) in [5.41, 5.74) is 3.52. The average molecular weight is 501 g/mol. The highest BCUT2D eigenvalue weighted by molar-refractivity contribution is 9.10. The molecule has 0 bridgehead atoms. The highest BCUT2D eigenvalue weighted by Gasteiger charge is 2.13. The van der Waals surface area contributed by atoms with Crippen LogP contribution in [0.15, 0.2) is 82.4 Å². The largest absolute Gasteiger partial charge is 0.423 e. The molecule has 2 amide bonds. The molecule has 7 nitrogen and oxygen atoms in total. The second-order valence-electron chi connectivity index (χ2n) is 6.13. The van der Waals surface area contributed by atoms with E-state index in [1.54, 1.807) is 72.8 Å². The van der Waals surface area contributed by atoms with E-state index in [0.717, 1.165) is 4.47 Å². The second kappa shape index (κ2) is 10.5. The molecule has 0 spiro atoms. The lowest BCUT2D eigenvalue weighted by Crippen LogP contribution is -2.32. The monoisotopic (exact) mass is 499 g/mol. The van der Waals surface area contributed by atoms with Gasteiger partial charge in [-0.3, -0.25) is 9.59 Å². The van der Waals surface area contributed by atoms with Gasteiger partial charge in [-0.2, -0.15) is 5.10 Å². The van der Waals surface area contributed by atoms with E-state index in [1.165, 1.54) is 6.21 Å². The Balaban J connectivity index is 1.55. The van der Waals surface area contributed by atoms with Gasteiger partial charge in [0.2, 0.25) is 0 Å². The smallest absolute Gasteiger partial charge is 0.343 e. The number of hydrogen-bond donors (Lipinski definition) is 2. The molecule has 0 saturated carbocycles. The third-order valence-corrected chi connectivity index (χ3v) is 4.62. The van der Waals surface area contributed by atoms with Crippen molar-refractivity contribution >= 4 is 57.2 Å². The SMILES string of the molecule is O=C(N/N=C/c1cccc(OC(=O)c2ccc(Cl)cc2)c1)C(=O)Nc1ccc(Br)cc1. The molecular weight excluding hydrogens is 486 g/mol. The van der Waals surface area contributed by atoms with Gasteiger partial charge >= 0.3 is 17.8 Å². The molecular formula is C22H15BrClN3O4. The number of esters is 1. The Kier molecular flexibility index (Phi) is 7.53. The first-order chi connectivity index (χ1) is 14.9. The number of amides is 2. The van der Waals surface area contributed by atoms with Gasteiger partial charge in [-0.15, -0.1) is 0 Å². The zero-order valence-corrected chi connectivity index (χ0v) is 18.2. The molecule has 3 aromatic carbocycles. The fourth-order valence-electron chi connectivity index (χ4n) is 2.35. The first-order valence-corrected chi connectivity index (χ1v) is 10.1. The number of nitrogens with one attached hydrogen (secondary N) is 2. The van der Waals surface area contributed by atoms with Crippen LogP contribution in [0.25, 0.3) is 0 Å². The number of carbonyl (C=O) groups excluding carboxylic acids is 3. The van der Waals surface area contributed by atoms with Gasteiger partial charge in [-0.1, -0.05) is 39.7 Å². The molecule has 0 heterocycles. The van der Waals surface area contributed by atoms with E-state index in [4.69, 9.17) is 16.3 Å². The minimum Gasteiger partial charge on any atom is -0.423 e. The molecule has 31 heavy (non-hydrogen) atoms. The standard InChI is InChI=1S/C22H15BrClN3O4/c23-16-6-10-18(11-7-16)26-20(28)21(29)27-25-13-14-2-1-3-19(12-14)31-22(30)15-4-8-17(24)9-5-15/h1-13H,(H,26,28)(H,27,29)/b25-13+. The Labute approximate surface area is 191 Å². The lowest BCUT2D eigenvalue weighted by molar-refractivity contribution is -0.136. The maximum absolute atomic E-state index is 12.2. The van der Waals surface area contributed by atoms with E-state index >= 15 is 0 Å². The highest BCUT2D eigenvalue weighted by Crippen LogP contribution is 2.16. The fourth-order valence-corrected chi connectivity index (χ4v) is 2.74. The Bertz CT molecular complexity index is 1130. The number of anilines is 1. The Hall–Kier alpha value is -3.49. The molecule has 2 N–H and O–H groups in total. The molecule has 0 saturated heterocycles. The van der Waals surface area contributed by atoms with Gasteiger partial charge < -0.3 is 10.1 Å². The van der Waals surface area contributed by atoms with E-state index in [0.29, 0.717) is 27.6 Å². The number of hydrogen-bond acceptors (Lipinski definition) is 5. The molecule has 0 aliphatic carbocycles. The minimum atomic E-state index is -0.926. The molecule has 0 radical (unpaired) electrons. The number of halogens is 2. The van der Waals surface area contributed by atoms with Crippen molar-refractivity contribution < 1.29 is 19.1 Å². The third kappa shape index (κ3) is 6.77. The molecule has 3 rings (SSSR count). The van der Waals surface area contributed by atoms with Crippen LogP contribution in [0.4, 0.5) is 5.69 Å². The molecule has 0 aliphatic rings. The molecule has 156 valence electrons. The summed E-state index contributed by atoms with van der Waals surface area (Å²) in [5, 5.41) is 6.73. The number of carbonyl (C=O) groups is 3. The molecule has 0 unspecified atom stereocenters. The summed E-state index contributed by atoms with van der Waals surface area (Å²) >= 11 is 9.10.